The third kappa shape index (κ3) is 3.60. The first-order valence-electron chi connectivity index (χ1n) is 5.47. The highest BCUT2D eigenvalue weighted by Gasteiger charge is 2.40. The number of carbonyl (C=O) groups is 2. The molecule has 1 aliphatic heterocycles. The third-order valence-electron chi connectivity index (χ3n) is 2.98. The molecular formula is C10H18O6Si. The van der Waals surface area contributed by atoms with Crippen LogP contribution in [0.15, 0.2) is 0 Å². The third-order valence-corrected chi connectivity index (χ3v) is 5.74. The van der Waals surface area contributed by atoms with Crippen LogP contribution in [0.2, 0.25) is 6.04 Å². The first kappa shape index (κ1) is 14.3. The van der Waals surface area contributed by atoms with Crippen LogP contribution in [0.5, 0.6) is 0 Å². The molecule has 1 atom stereocenters. The van der Waals surface area contributed by atoms with Crippen LogP contribution >= 0.6 is 0 Å². The molecule has 0 saturated carbocycles. The normalized spacial score (nSPS) is 21.5. The van der Waals surface area contributed by atoms with Crippen LogP contribution < -0.4 is 0 Å². The van der Waals surface area contributed by atoms with E-state index in [2.05, 4.69) is 4.74 Å². The molecule has 1 aliphatic rings. The van der Waals surface area contributed by atoms with Gasteiger partial charge in [-0.25, -0.2) is 0 Å². The molecule has 17 heavy (non-hydrogen) atoms. The Hall–Kier alpha value is -0.763. The molecule has 0 aromatic carbocycles. The Morgan fingerprint density at radius 3 is 2.29 bits per heavy atom. The van der Waals surface area contributed by atoms with Gasteiger partial charge in [-0.2, -0.15) is 0 Å². The number of rotatable bonds is 6. The van der Waals surface area contributed by atoms with Gasteiger partial charge in [-0.1, -0.05) is 0 Å². The Labute approximate surface area is 102 Å². The van der Waals surface area contributed by atoms with Gasteiger partial charge in [-0.15, -0.1) is 0 Å². The largest absolute Gasteiger partial charge is 0.500 e. The van der Waals surface area contributed by atoms with Crippen LogP contribution in [-0.2, 0) is 27.6 Å². The van der Waals surface area contributed by atoms with Gasteiger partial charge in [0.15, 0.2) is 0 Å². The van der Waals surface area contributed by atoms with Gasteiger partial charge in [0.05, 0.1) is 5.92 Å². The van der Waals surface area contributed by atoms with Gasteiger partial charge >= 0.3 is 20.7 Å². The molecule has 0 aromatic rings. The fourth-order valence-electron chi connectivity index (χ4n) is 1.83. The summed E-state index contributed by atoms with van der Waals surface area (Å²) in [5.41, 5.74) is 0. The minimum absolute atomic E-state index is 0.264. The van der Waals surface area contributed by atoms with E-state index in [9.17, 15) is 9.59 Å². The topological polar surface area (TPSA) is 71.1 Å². The van der Waals surface area contributed by atoms with E-state index in [1.54, 1.807) is 0 Å². The first-order valence-corrected chi connectivity index (χ1v) is 7.40. The summed E-state index contributed by atoms with van der Waals surface area (Å²) in [6, 6.07) is 0.532. The van der Waals surface area contributed by atoms with Gasteiger partial charge in [0.25, 0.3) is 0 Å². The quantitative estimate of drug-likeness (QED) is 0.399. The van der Waals surface area contributed by atoms with E-state index < -0.39 is 20.7 Å². The summed E-state index contributed by atoms with van der Waals surface area (Å²) in [7, 11) is 1.95. The van der Waals surface area contributed by atoms with E-state index in [1.807, 2.05) is 0 Å². The van der Waals surface area contributed by atoms with Crippen molar-refractivity contribution in [2.45, 2.75) is 25.3 Å². The molecule has 0 amide bonds. The molecule has 0 spiro atoms. The standard InChI is InChI=1S/C10H18O6Si/c1-13-17(14-2,15-3)7-6-8-4-5-9(11)16-10(8)12/h8H,4-7H2,1-3H3. The van der Waals surface area contributed by atoms with E-state index in [-0.39, 0.29) is 12.3 Å². The molecule has 1 fully saturated rings. The van der Waals surface area contributed by atoms with Crippen molar-refractivity contribution in [1.29, 1.82) is 0 Å². The van der Waals surface area contributed by atoms with Gasteiger partial charge in [0.1, 0.15) is 0 Å². The second-order valence-electron chi connectivity index (χ2n) is 3.86. The maximum Gasteiger partial charge on any atom is 0.500 e. The molecule has 1 unspecified atom stereocenters. The lowest BCUT2D eigenvalue weighted by atomic mass is 9.98. The highest BCUT2D eigenvalue weighted by Crippen LogP contribution is 2.25. The van der Waals surface area contributed by atoms with Gasteiger partial charge in [0, 0.05) is 33.8 Å². The lowest BCUT2D eigenvalue weighted by molar-refractivity contribution is -0.167. The number of carbonyl (C=O) groups excluding carboxylic acids is 2. The van der Waals surface area contributed by atoms with Gasteiger partial charge in [-0.05, 0) is 12.8 Å². The molecular weight excluding hydrogens is 244 g/mol. The zero-order valence-corrected chi connectivity index (χ0v) is 11.4. The summed E-state index contributed by atoms with van der Waals surface area (Å²) in [5.74, 6) is -1.16. The molecule has 0 aliphatic carbocycles. The van der Waals surface area contributed by atoms with Crippen molar-refractivity contribution in [1.82, 2.24) is 0 Å². The van der Waals surface area contributed by atoms with E-state index in [4.69, 9.17) is 13.3 Å². The summed E-state index contributed by atoms with van der Waals surface area (Å²) in [6.45, 7) is 0. The van der Waals surface area contributed by atoms with Crippen molar-refractivity contribution in [3.05, 3.63) is 0 Å². The Balaban J connectivity index is 2.49. The number of hydrogen-bond acceptors (Lipinski definition) is 6. The molecule has 6 nitrogen and oxygen atoms in total. The number of ether oxygens (including phenoxy) is 1. The maximum absolute atomic E-state index is 11.4. The highest BCUT2D eigenvalue weighted by molar-refractivity contribution is 6.60. The zero-order valence-electron chi connectivity index (χ0n) is 10.4. The van der Waals surface area contributed by atoms with E-state index in [0.29, 0.717) is 18.9 Å². The lowest BCUT2D eigenvalue weighted by Crippen LogP contribution is -2.43. The summed E-state index contributed by atoms with van der Waals surface area (Å²) >= 11 is 0. The summed E-state index contributed by atoms with van der Waals surface area (Å²) in [6.07, 6.45) is 1.37. The van der Waals surface area contributed by atoms with Crippen molar-refractivity contribution in [3.8, 4) is 0 Å². The average molecular weight is 262 g/mol. The second-order valence-corrected chi connectivity index (χ2v) is 6.95. The van der Waals surface area contributed by atoms with Crippen LogP contribution in [0.4, 0.5) is 0 Å². The fourth-order valence-corrected chi connectivity index (χ4v) is 3.64. The minimum Gasteiger partial charge on any atom is -0.393 e. The summed E-state index contributed by atoms with van der Waals surface area (Å²) in [4.78, 5) is 22.3. The number of cyclic esters (lactones) is 2. The molecule has 1 rings (SSSR count). The zero-order chi connectivity index (χ0) is 12.9. The predicted octanol–water partition coefficient (Wildman–Crippen LogP) is 0.734. The molecule has 0 bridgehead atoms. The lowest BCUT2D eigenvalue weighted by Gasteiger charge is -2.26. The van der Waals surface area contributed by atoms with E-state index >= 15 is 0 Å². The van der Waals surface area contributed by atoms with Crippen LogP contribution in [0.1, 0.15) is 19.3 Å². The van der Waals surface area contributed by atoms with E-state index in [0.717, 1.165) is 0 Å². The minimum atomic E-state index is -2.64. The second kappa shape index (κ2) is 6.25. The Morgan fingerprint density at radius 2 is 1.82 bits per heavy atom. The fraction of sp³-hybridized carbons (Fsp3) is 0.800. The van der Waals surface area contributed by atoms with Crippen molar-refractivity contribution >= 4 is 20.7 Å². The summed E-state index contributed by atoms with van der Waals surface area (Å²) in [5, 5.41) is 0. The maximum atomic E-state index is 11.4. The number of hydrogen-bond donors (Lipinski definition) is 0. The Bertz CT molecular complexity index is 280. The van der Waals surface area contributed by atoms with Gasteiger partial charge in [-0.3, -0.25) is 9.59 Å². The average Bonchev–Trinajstić information content (AvgIpc) is 2.33. The van der Waals surface area contributed by atoms with Crippen LogP contribution in [-0.4, -0.2) is 42.1 Å². The van der Waals surface area contributed by atoms with E-state index in [1.165, 1.54) is 21.3 Å². The van der Waals surface area contributed by atoms with Gasteiger partial charge < -0.3 is 18.0 Å². The van der Waals surface area contributed by atoms with Crippen molar-refractivity contribution in [2.24, 2.45) is 5.92 Å². The van der Waals surface area contributed by atoms with Crippen molar-refractivity contribution in [2.75, 3.05) is 21.3 Å². The molecule has 0 aromatic heterocycles. The molecule has 1 saturated heterocycles. The van der Waals surface area contributed by atoms with Crippen LogP contribution in [0.25, 0.3) is 0 Å². The molecule has 98 valence electrons. The molecule has 7 heteroatoms. The van der Waals surface area contributed by atoms with Crippen molar-refractivity contribution < 1.29 is 27.6 Å². The van der Waals surface area contributed by atoms with Crippen LogP contribution in [0, 0.1) is 5.92 Å². The van der Waals surface area contributed by atoms with Crippen molar-refractivity contribution in [3.63, 3.8) is 0 Å². The predicted molar refractivity (Wildman–Crippen MR) is 60.0 cm³/mol. The first-order chi connectivity index (χ1) is 8.06. The van der Waals surface area contributed by atoms with Gasteiger partial charge in [0.2, 0.25) is 0 Å². The van der Waals surface area contributed by atoms with Crippen LogP contribution in [0.3, 0.4) is 0 Å². The summed E-state index contributed by atoms with van der Waals surface area (Å²) < 4.78 is 20.4. The Kier molecular flexibility index (Phi) is 5.25. The molecule has 0 N–H and O–H groups in total. The Morgan fingerprint density at radius 1 is 1.24 bits per heavy atom. The molecule has 0 radical (unpaired) electrons. The highest BCUT2D eigenvalue weighted by atomic mass is 28.4. The number of esters is 2. The molecule has 1 heterocycles. The monoisotopic (exact) mass is 262 g/mol. The SMILES string of the molecule is CO[Si](CCC1CCC(=O)OC1=O)(OC)OC. The smallest absolute Gasteiger partial charge is 0.393 e.